The van der Waals surface area contributed by atoms with E-state index in [4.69, 9.17) is 0 Å². The van der Waals surface area contributed by atoms with Crippen molar-refractivity contribution in [2.24, 2.45) is 4.99 Å². The monoisotopic (exact) mass is 358 g/mol. The quantitative estimate of drug-likeness (QED) is 0.624. The third-order valence-electron chi connectivity index (χ3n) is 5.52. The third kappa shape index (κ3) is 5.10. The number of hydrogen-bond donors (Lipinski definition) is 2. The van der Waals surface area contributed by atoms with Crippen LogP contribution in [0.2, 0.25) is 0 Å². The van der Waals surface area contributed by atoms with Crippen molar-refractivity contribution in [2.45, 2.75) is 58.2 Å². The second-order valence-electron chi connectivity index (χ2n) is 7.69. The standard InChI is InChI=1S/C20H34N6/c1-16(2)25-12-8-18(9-13-25)24-20(21-3)23-15-17-6-7-19(22-14-17)26-10-4-5-11-26/h6-7,14,16,18H,4-5,8-13,15H2,1-3H3,(H2,21,23,24). The van der Waals surface area contributed by atoms with Gasteiger partial charge in [-0.15, -0.1) is 0 Å². The molecular weight excluding hydrogens is 324 g/mol. The summed E-state index contributed by atoms with van der Waals surface area (Å²) in [4.78, 5) is 13.9. The first-order valence-electron chi connectivity index (χ1n) is 10.1. The first-order valence-corrected chi connectivity index (χ1v) is 10.1. The number of piperidine rings is 1. The van der Waals surface area contributed by atoms with E-state index in [2.05, 4.69) is 56.4 Å². The molecule has 2 N–H and O–H groups in total. The minimum absolute atomic E-state index is 0.506. The predicted octanol–water partition coefficient (Wildman–Crippen LogP) is 2.22. The second kappa shape index (κ2) is 9.21. The normalized spacial score (nSPS) is 20.0. The Hall–Kier alpha value is -1.82. The highest BCUT2D eigenvalue weighted by Gasteiger charge is 2.21. The van der Waals surface area contributed by atoms with Crippen molar-refractivity contribution in [3.05, 3.63) is 23.9 Å². The van der Waals surface area contributed by atoms with Gasteiger partial charge in [0.1, 0.15) is 5.82 Å². The molecule has 0 spiro atoms. The van der Waals surface area contributed by atoms with Gasteiger partial charge in [0.25, 0.3) is 0 Å². The Labute approximate surface area is 158 Å². The van der Waals surface area contributed by atoms with Crippen LogP contribution >= 0.6 is 0 Å². The van der Waals surface area contributed by atoms with Crippen LogP contribution in [-0.2, 0) is 6.54 Å². The van der Waals surface area contributed by atoms with E-state index in [9.17, 15) is 0 Å². The lowest BCUT2D eigenvalue weighted by Gasteiger charge is -2.35. The number of anilines is 1. The van der Waals surface area contributed by atoms with Gasteiger partial charge in [-0.25, -0.2) is 4.98 Å². The van der Waals surface area contributed by atoms with E-state index < -0.39 is 0 Å². The lowest BCUT2D eigenvalue weighted by molar-refractivity contribution is 0.167. The molecule has 2 fully saturated rings. The maximum Gasteiger partial charge on any atom is 0.191 e. The summed E-state index contributed by atoms with van der Waals surface area (Å²) < 4.78 is 0. The average Bonchev–Trinajstić information content (AvgIpc) is 3.20. The number of hydrogen-bond acceptors (Lipinski definition) is 4. The van der Waals surface area contributed by atoms with Gasteiger partial charge in [0.2, 0.25) is 0 Å². The molecule has 26 heavy (non-hydrogen) atoms. The Morgan fingerprint density at radius 1 is 1.19 bits per heavy atom. The molecule has 0 bridgehead atoms. The molecule has 0 atom stereocenters. The Balaban J connectivity index is 1.44. The molecule has 0 radical (unpaired) electrons. The molecule has 6 nitrogen and oxygen atoms in total. The van der Waals surface area contributed by atoms with Crippen molar-refractivity contribution in [2.75, 3.05) is 38.1 Å². The summed E-state index contributed by atoms with van der Waals surface area (Å²) in [5.74, 6) is 1.99. The molecule has 2 aliphatic rings. The van der Waals surface area contributed by atoms with Crippen LogP contribution in [0.4, 0.5) is 5.82 Å². The zero-order valence-corrected chi connectivity index (χ0v) is 16.5. The van der Waals surface area contributed by atoms with Crippen LogP contribution in [0.25, 0.3) is 0 Å². The molecule has 2 saturated heterocycles. The zero-order chi connectivity index (χ0) is 18.4. The summed E-state index contributed by atoms with van der Waals surface area (Å²) in [5.41, 5.74) is 1.19. The fourth-order valence-corrected chi connectivity index (χ4v) is 3.79. The fraction of sp³-hybridized carbons (Fsp3) is 0.700. The summed E-state index contributed by atoms with van der Waals surface area (Å²) in [6.07, 6.45) is 6.89. The Bertz CT molecular complexity index is 568. The zero-order valence-electron chi connectivity index (χ0n) is 16.5. The van der Waals surface area contributed by atoms with Crippen molar-refractivity contribution in [1.82, 2.24) is 20.5 Å². The summed E-state index contributed by atoms with van der Waals surface area (Å²) in [6, 6.07) is 5.46. The van der Waals surface area contributed by atoms with Gasteiger partial charge in [-0.05, 0) is 51.2 Å². The highest BCUT2D eigenvalue weighted by Crippen LogP contribution is 2.17. The van der Waals surface area contributed by atoms with E-state index >= 15 is 0 Å². The van der Waals surface area contributed by atoms with E-state index in [1.54, 1.807) is 0 Å². The lowest BCUT2D eigenvalue weighted by atomic mass is 10.0. The first kappa shape index (κ1) is 19.0. The summed E-state index contributed by atoms with van der Waals surface area (Å²) >= 11 is 0. The number of aromatic nitrogens is 1. The molecular formula is C20H34N6. The van der Waals surface area contributed by atoms with Crippen molar-refractivity contribution >= 4 is 11.8 Å². The first-order chi connectivity index (χ1) is 12.7. The summed E-state index contributed by atoms with van der Waals surface area (Å²) in [7, 11) is 1.84. The van der Waals surface area contributed by atoms with Crippen molar-refractivity contribution in [1.29, 1.82) is 0 Å². The second-order valence-corrected chi connectivity index (χ2v) is 7.69. The topological polar surface area (TPSA) is 55.8 Å². The lowest BCUT2D eigenvalue weighted by Crippen LogP contribution is -2.49. The van der Waals surface area contributed by atoms with E-state index in [1.165, 1.54) is 31.2 Å². The highest BCUT2D eigenvalue weighted by atomic mass is 15.2. The van der Waals surface area contributed by atoms with Gasteiger partial charge >= 0.3 is 0 Å². The van der Waals surface area contributed by atoms with Crippen LogP contribution in [0.5, 0.6) is 0 Å². The SMILES string of the molecule is CN=C(NCc1ccc(N2CCCC2)nc1)NC1CCN(C(C)C)CC1. The molecule has 3 rings (SSSR count). The number of rotatable bonds is 5. The summed E-state index contributed by atoms with van der Waals surface area (Å²) in [5, 5.41) is 7.00. The maximum atomic E-state index is 4.63. The number of nitrogens with one attached hydrogen (secondary N) is 2. The molecule has 0 unspecified atom stereocenters. The van der Waals surface area contributed by atoms with Gasteiger partial charge in [0.15, 0.2) is 5.96 Å². The van der Waals surface area contributed by atoms with E-state index in [1.807, 2.05) is 13.2 Å². The smallest absolute Gasteiger partial charge is 0.191 e. The fourth-order valence-electron chi connectivity index (χ4n) is 3.79. The van der Waals surface area contributed by atoms with Gasteiger partial charge in [-0.1, -0.05) is 6.07 Å². The Morgan fingerprint density at radius 3 is 2.50 bits per heavy atom. The molecule has 0 amide bonds. The Kier molecular flexibility index (Phi) is 6.72. The van der Waals surface area contributed by atoms with E-state index in [-0.39, 0.29) is 0 Å². The van der Waals surface area contributed by atoms with Crippen LogP contribution in [0.15, 0.2) is 23.3 Å². The predicted molar refractivity (Wildman–Crippen MR) is 109 cm³/mol. The van der Waals surface area contributed by atoms with Crippen LogP contribution in [-0.4, -0.2) is 61.2 Å². The van der Waals surface area contributed by atoms with Crippen molar-refractivity contribution in [3.8, 4) is 0 Å². The molecule has 1 aromatic rings. The minimum atomic E-state index is 0.506. The largest absolute Gasteiger partial charge is 0.357 e. The van der Waals surface area contributed by atoms with E-state index in [0.29, 0.717) is 12.1 Å². The molecule has 3 heterocycles. The highest BCUT2D eigenvalue weighted by molar-refractivity contribution is 5.79. The number of nitrogens with zero attached hydrogens (tertiary/aromatic N) is 4. The van der Waals surface area contributed by atoms with Crippen LogP contribution in [0.3, 0.4) is 0 Å². The average molecular weight is 359 g/mol. The van der Waals surface area contributed by atoms with Gasteiger partial charge in [0.05, 0.1) is 0 Å². The number of aliphatic imine (C=N–C) groups is 1. The molecule has 144 valence electrons. The molecule has 2 aliphatic heterocycles. The van der Waals surface area contributed by atoms with Gasteiger partial charge in [-0.3, -0.25) is 4.99 Å². The minimum Gasteiger partial charge on any atom is -0.357 e. The molecule has 0 aromatic carbocycles. The van der Waals surface area contributed by atoms with Crippen molar-refractivity contribution in [3.63, 3.8) is 0 Å². The molecule has 1 aromatic heterocycles. The van der Waals surface area contributed by atoms with Crippen LogP contribution in [0.1, 0.15) is 45.1 Å². The maximum absolute atomic E-state index is 4.63. The molecule has 0 saturated carbocycles. The van der Waals surface area contributed by atoms with E-state index in [0.717, 1.165) is 44.5 Å². The van der Waals surface area contributed by atoms with Crippen LogP contribution < -0.4 is 15.5 Å². The number of guanidine groups is 1. The Morgan fingerprint density at radius 2 is 1.92 bits per heavy atom. The van der Waals surface area contributed by atoms with Crippen LogP contribution in [0, 0.1) is 0 Å². The third-order valence-corrected chi connectivity index (χ3v) is 5.52. The van der Waals surface area contributed by atoms with Gasteiger partial charge in [0, 0.05) is 58.1 Å². The van der Waals surface area contributed by atoms with Gasteiger partial charge in [-0.2, -0.15) is 0 Å². The molecule has 6 heteroatoms. The number of likely N-dealkylation sites (tertiary alicyclic amines) is 1. The van der Waals surface area contributed by atoms with Gasteiger partial charge < -0.3 is 20.4 Å². The molecule has 0 aliphatic carbocycles. The van der Waals surface area contributed by atoms with Crippen molar-refractivity contribution < 1.29 is 0 Å². The summed E-state index contributed by atoms with van der Waals surface area (Å²) in [6.45, 7) is 9.89. The number of pyridine rings is 1.